The fourth-order valence-electron chi connectivity index (χ4n) is 1.91. The minimum Gasteiger partial charge on any atom is -0.368 e. The van der Waals surface area contributed by atoms with E-state index in [0.717, 1.165) is 18.8 Å². The van der Waals surface area contributed by atoms with Gasteiger partial charge in [0.15, 0.2) is 6.07 Å². The minimum absolute atomic E-state index is 0.448. The summed E-state index contributed by atoms with van der Waals surface area (Å²) in [6.45, 7) is 2.62. The third-order valence-corrected chi connectivity index (χ3v) is 3.07. The minimum atomic E-state index is -0.448. The first-order valence-electron chi connectivity index (χ1n) is 5.40. The highest BCUT2D eigenvalue weighted by molar-refractivity contribution is 6.30. The number of amides is 1. The van der Waals surface area contributed by atoms with Crippen molar-refractivity contribution in [3.05, 3.63) is 29.3 Å². The molecule has 0 aliphatic carbocycles. The van der Waals surface area contributed by atoms with Crippen molar-refractivity contribution in [2.75, 3.05) is 31.1 Å². The number of anilines is 1. The first-order valence-corrected chi connectivity index (χ1v) is 5.78. The van der Waals surface area contributed by atoms with Crippen molar-refractivity contribution in [3.8, 4) is 6.07 Å². The van der Waals surface area contributed by atoms with Gasteiger partial charge < -0.3 is 9.80 Å². The molecule has 0 aromatic heterocycles. The third-order valence-electron chi connectivity index (χ3n) is 2.84. The number of hydrogen-bond donors (Lipinski definition) is 0. The molecule has 1 aliphatic rings. The number of hydrogen-bond acceptors (Lipinski definition) is 3. The molecule has 0 saturated carbocycles. The lowest BCUT2D eigenvalue weighted by atomic mass is 10.2. The molecule has 2 rings (SSSR count). The van der Waals surface area contributed by atoms with Crippen molar-refractivity contribution >= 4 is 23.2 Å². The number of carbonyl (C=O) groups excluding carboxylic acids is 1. The normalized spacial score (nSPS) is 15.5. The second-order valence-electron chi connectivity index (χ2n) is 3.87. The number of carbonyl (C=O) groups is 1. The topological polar surface area (TPSA) is 47.3 Å². The van der Waals surface area contributed by atoms with Gasteiger partial charge in [-0.2, -0.15) is 5.26 Å². The van der Waals surface area contributed by atoms with Crippen LogP contribution in [0.5, 0.6) is 0 Å². The molecule has 1 saturated heterocycles. The highest BCUT2D eigenvalue weighted by Gasteiger charge is 2.20. The van der Waals surface area contributed by atoms with Gasteiger partial charge in [0.05, 0.1) is 0 Å². The maximum Gasteiger partial charge on any atom is 0.325 e. The fraction of sp³-hybridized carbons (Fsp3) is 0.333. The van der Waals surface area contributed by atoms with E-state index in [1.807, 2.05) is 24.3 Å². The summed E-state index contributed by atoms with van der Waals surface area (Å²) in [5.74, 6) is -0.448. The lowest BCUT2D eigenvalue weighted by Crippen LogP contribution is -2.48. The molecule has 1 aromatic rings. The molecule has 0 spiro atoms. The Labute approximate surface area is 105 Å². The van der Waals surface area contributed by atoms with Crippen LogP contribution in [0.15, 0.2) is 24.3 Å². The molecule has 1 aromatic carbocycles. The molecule has 1 aliphatic heterocycles. The molecule has 0 unspecified atom stereocenters. The number of piperazine rings is 1. The molecule has 1 heterocycles. The Bertz CT molecular complexity index is 461. The smallest absolute Gasteiger partial charge is 0.325 e. The SMILES string of the molecule is N#CC(=O)N1CCN(c2cccc(Cl)c2)CC1. The van der Waals surface area contributed by atoms with Crippen molar-refractivity contribution in [2.45, 2.75) is 0 Å². The number of halogens is 1. The van der Waals surface area contributed by atoms with E-state index in [4.69, 9.17) is 16.9 Å². The van der Waals surface area contributed by atoms with Crippen LogP contribution in [0.4, 0.5) is 5.69 Å². The summed E-state index contributed by atoms with van der Waals surface area (Å²) in [6, 6.07) is 9.29. The zero-order chi connectivity index (χ0) is 12.3. The van der Waals surface area contributed by atoms with Gasteiger partial charge in [0, 0.05) is 36.9 Å². The van der Waals surface area contributed by atoms with Gasteiger partial charge in [-0.1, -0.05) is 17.7 Å². The Balaban J connectivity index is 2.00. The largest absolute Gasteiger partial charge is 0.368 e. The first-order chi connectivity index (χ1) is 8.20. The quantitative estimate of drug-likeness (QED) is 0.709. The standard InChI is InChI=1S/C12H12ClN3O/c13-10-2-1-3-11(8-10)15-4-6-16(7-5-15)12(17)9-14/h1-3,8H,4-7H2. The molecule has 0 bridgehead atoms. The van der Waals surface area contributed by atoms with Crippen LogP contribution in [0, 0.1) is 11.3 Å². The van der Waals surface area contributed by atoms with Crippen molar-refractivity contribution in [2.24, 2.45) is 0 Å². The van der Waals surface area contributed by atoms with Crippen LogP contribution in [0.1, 0.15) is 0 Å². The zero-order valence-electron chi connectivity index (χ0n) is 9.27. The molecule has 88 valence electrons. The van der Waals surface area contributed by atoms with Crippen LogP contribution < -0.4 is 4.90 Å². The Kier molecular flexibility index (Phi) is 3.50. The molecule has 1 amide bonds. The van der Waals surface area contributed by atoms with Crippen LogP contribution in [-0.2, 0) is 4.79 Å². The summed E-state index contributed by atoms with van der Waals surface area (Å²) >= 11 is 5.93. The van der Waals surface area contributed by atoms with Crippen molar-refractivity contribution in [1.82, 2.24) is 4.90 Å². The van der Waals surface area contributed by atoms with E-state index in [1.165, 1.54) is 0 Å². The predicted molar refractivity (Wildman–Crippen MR) is 65.9 cm³/mol. The molecule has 5 heteroatoms. The van der Waals surface area contributed by atoms with Gasteiger partial charge in [-0.3, -0.25) is 4.79 Å². The molecular formula is C12H12ClN3O. The fourth-order valence-corrected chi connectivity index (χ4v) is 2.10. The lowest BCUT2D eigenvalue weighted by Gasteiger charge is -2.34. The zero-order valence-corrected chi connectivity index (χ0v) is 10.0. The van der Waals surface area contributed by atoms with Crippen LogP contribution in [-0.4, -0.2) is 37.0 Å². The average Bonchev–Trinajstić information content (AvgIpc) is 2.38. The van der Waals surface area contributed by atoms with Gasteiger partial charge in [0.2, 0.25) is 0 Å². The van der Waals surface area contributed by atoms with E-state index < -0.39 is 5.91 Å². The Morgan fingerprint density at radius 2 is 2.00 bits per heavy atom. The average molecular weight is 250 g/mol. The van der Waals surface area contributed by atoms with Gasteiger partial charge in [-0.05, 0) is 18.2 Å². The van der Waals surface area contributed by atoms with Gasteiger partial charge in [-0.15, -0.1) is 0 Å². The molecule has 0 radical (unpaired) electrons. The molecule has 17 heavy (non-hydrogen) atoms. The van der Waals surface area contributed by atoms with Crippen LogP contribution in [0.3, 0.4) is 0 Å². The van der Waals surface area contributed by atoms with E-state index >= 15 is 0 Å². The van der Waals surface area contributed by atoms with E-state index in [-0.39, 0.29) is 0 Å². The first kappa shape index (κ1) is 11.7. The summed E-state index contributed by atoms with van der Waals surface area (Å²) in [4.78, 5) is 14.9. The number of nitrogens with zero attached hydrogens (tertiary/aromatic N) is 3. The highest BCUT2D eigenvalue weighted by Crippen LogP contribution is 2.20. The number of benzene rings is 1. The maximum atomic E-state index is 11.2. The summed E-state index contributed by atoms with van der Waals surface area (Å²) in [5, 5.41) is 9.24. The van der Waals surface area contributed by atoms with E-state index in [0.29, 0.717) is 18.1 Å². The summed E-state index contributed by atoms with van der Waals surface area (Å²) in [7, 11) is 0. The number of nitriles is 1. The third kappa shape index (κ3) is 2.69. The second-order valence-corrected chi connectivity index (χ2v) is 4.31. The van der Waals surface area contributed by atoms with Crippen molar-refractivity contribution in [1.29, 1.82) is 5.26 Å². The van der Waals surface area contributed by atoms with Gasteiger partial charge >= 0.3 is 5.91 Å². The Hall–Kier alpha value is -1.73. The van der Waals surface area contributed by atoms with Gasteiger partial charge in [0.1, 0.15) is 0 Å². The monoisotopic (exact) mass is 249 g/mol. The van der Waals surface area contributed by atoms with Crippen LogP contribution >= 0.6 is 11.6 Å². The molecule has 1 fully saturated rings. The Morgan fingerprint density at radius 1 is 1.29 bits per heavy atom. The summed E-state index contributed by atoms with van der Waals surface area (Å²) in [5.41, 5.74) is 1.06. The number of rotatable bonds is 1. The lowest BCUT2D eigenvalue weighted by molar-refractivity contribution is -0.125. The summed E-state index contributed by atoms with van der Waals surface area (Å²) < 4.78 is 0. The van der Waals surface area contributed by atoms with E-state index in [1.54, 1.807) is 11.0 Å². The second kappa shape index (κ2) is 5.07. The molecular weight excluding hydrogens is 238 g/mol. The van der Waals surface area contributed by atoms with Gasteiger partial charge in [-0.25, -0.2) is 0 Å². The van der Waals surface area contributed by atoms with E-state index in [9.17, 15) is 4.79 Å². The van der Waals surface area contributed by atoms with Crippen molar-refractivity contribution in [3.63, 3.8) is 0 Å². The molecule has 0 atom stereocenters. The van der Waals surface area contributed by atoms with Crippen LogP contribution in [0.2, 0.25) is 5.02 Å². The Morgan fingerprint density at radius 3 is 2.59 bits per heavy atom. The predicted octanol–water partition coefficient (Wildman–Crippen LogP) is 1.51. The van der Waals surface area contributed by atoms with E-state index in [2.05, 4.69) is 4.90 Å². The van der Waals surface area contributed by atoms with Crippen LogP contribution in [0.25, 0.3) is 0 Å². The van der Waals surface area contributed by atoms with Gasteiger partial charge in [0.25, 0.3) is 0 Å². The molecule has 4 nitrogen and oxygen atoms in total. The van der Waals surface area contributed by atoms with Crippen molar-refractivity contribution < 1.29 is 4.79 Å². The summed E-state index contributed by atoms with van der Waals surface area (Å²) in [6.07, 6.45) is 0. The molecule has 0 N–H and O–H groups in total. The highest BCUT2D eigenvalue weighted by atomic mass is 35.5. The maximum absolute atomic E-state index is 11.2.